The second-order valence-electron chi connectivity index (χ2n) is 2.96. The summed E-state index contributed by atoms with van der Waals surface area (Å²) in [4.78, 5) is 0. The molecule has 2 nitrogen and oxygen atoms in total. The number of aliphatic hydroxyl groups excluding tert-OH is 1. The van der Waals surface area contributed by atoms with Crippen LogP contribution in [0, 0.1) is 18.8 Å². The number of benzene rings is 1. The van der Waals surface area contributed by atoms with E-state index in [2.05, 4.69) is 11.8 Å². The molecule has 1 aromatic rings. The van der Waals surface area contributed by atoms with Crippen molar-refractivity contribution in [3.05, 3.63) is 29.3 Å². The monoisotopic (exact) mass is 190 g/mol. The highest BCUT2D eigenvalue weighted by Gasteiger charge is 1.97. The molecule has 1 N–H and O–H groups in total. The standard InChI is InChI=1S/C12H14O2/c1-10-6-7-11(5-3-4-8-13)9-12(10)14-2/h6-7,9,13H,4,8H2,1-2H3. The molecule has 0 unspecified atom stereocenters. The van der Waals surface area contributed by atoms with Crippen molar-refractivity contribution in [3.8, 4) is 17.6 Å². The van der Waals surface area contributed by atoms with Gasteiger partial charge < -0.3 is 9.84 Å². The van der Waals surface area contributed by atoms with Crippen LogP contribution in [0.25, 0.3) is 0 Å². The summed E-state index contributed by atoms with van der Waals surface area (Å²) in [5.41, 5.74) is 2.01. The number of rotatable bonds is 2. The third-order valence-corrected chi connectivity index (χ3v) is 1.88. The first-order valence-electron chi connectivity index (χ1n) is 4.52. The summed E-state index contributed by atoms with van der Waals surface area (Å²) in [7, 11) is 1.65. The number of aliphatic hydroxyl groups is 1. The summed E-state index contributed by atoms with van der Waals surface area (Å²) in [5.74, 6) is 6.67. The van der Waals surface area contributed by atoms with Crippen molar-refractivity contribution in [2.75, 3.05) is 13.7 Å². The lowest BCUT2D eigenvalue weighted by atomic mass is 10.1. The van der Waals surface area contributed by atoms with E-state index in [-0.39, 0.29) is 6.61 Å². The Kier molecular flexibility index (Phi) is 4.03. The minimum absolute atomic E-state index is 0.107. The molecule has 0 bridgehead atoms. The summed E-state index contributed by atoms with van der Waals surface area (Å²) < 4.78 is 5.17. The van der Waals surface area contributed by atoms with Crippen LogP contribution in [-0.4, -0.2) is 18.8 Å². The zero-order chi connectivity index (χ0) is 10.4. The molecule has 1 rings (SSSR count). The van der Waals surface area contributed by atoms with E-state index in [1.807, 2.05) is 25.1 Å². The van der Waals surface area contributed by atoms with Crippen LogP contribution in [0.5, 0.6) is 5.75 Å². The van der Waals surface area contributed by atoms with Crippen LogP contribution in [0.15, 0.2) is 18.2 Å². The van der Waals surface area contributed by atoms with E-state index in [9.17, 15) is 0 Å². The zero-order valence-electron chi connectivity index (χ0n) is 8.50. The van der Waals surface area contributed by atoms with Gasteiger partial charge in [0.2, 0.25) is 0 Å². The van der Waals surface area contributed by atoms with Crippen LogP contribution < -0.4 is 4.74 Å². The van der Waals surface area contributed by atoms with Crippen molar-refractivity contribution in [3.63, 3.8) is 0 Å². The Labute approximate surface area is 84.5 Å². The molecule has 0 aliphatic carbocycles. The highest BCUT2D eigenvalue weighted by Crippen LogP contribution is 2.18. The molecule has 0 amide bonds. The van der Waals surface area contributed by atoms with Crippen LogP contribution in [0.3, 0.4) is 0 Å². The molecule has 0 atom stereocenters. The van der Waals surface area contributed by atoms with Gasteiger partial charge in [-0.15, -0.1) is 0 Å². The predicted octanol–water partition coefficient (Wildman–Crippen LogP) is 1.74. The maximum Gasteiger partial charge on any atom is 0.123 e. The van der Waals surface area contributed by atoms with Crippen molar-refractivity contribution in [2.24, 2.45) is 0 Å². The summed E-state index contributed by atoms with van der Waals surface area (Å²) in [5, 5.41) is 8.56. The molecule has 0 spiro atoms. The maximum atomic E-state index is 8.56. The first-order chi connectivity index (χ1) is 6.77. The average Bonchev–Trinajstić information content (AvgIpc) is 2.21. The summed E-state index contributed by atoms with van der Waals surface area (Å²) in [6.07, 6.45) is 0.510. The molecule has 0 saturated carbocycles. The van der Waals surface area contributed by atoms with Crippen LogP contribution in [0.4, 0.5) is 0 Å². The van der Waals surface area contributed by atoms with Gasteiger partial charge in [0.25, 0.3) is 0 Å². The third kappa shape index (κ3) is 2.79. The molecule has 14 heavy (non-hydrogen) atoms. The van der Waals surface area contributed by atoms with Gasteiger partial charge in [0, 0.05) is 12.0 Å². The largest absolute Gasteiger partial charge is 0.496 e. The lowest BCUT2D eigenvalue weighted by Gasteiger charge is -2.03. The molecular weight excluding hydrogens is 176 g/mol. The first kappa shape index (κ1) is 10.6. The van der Waals surface area contributed by atoms with Crippen molar-refractivity contribution in [1.29, 1.82) is 0 Å². The smallest absolute Gasteiger partial charge is 0.123 e. The number of aryl methyl sites for hydroxylation is 1. The first-order valence-corrected chi connectivity index (χ1v) is 4.52. The van der Waals surface area contributed by atoms with Gasteiger partial charge in [0.1, 0.15) is 5.75 Å². The van der Waals surface area contributed by atoms with Gasteiger partial charge in [-0.05, 0) is 24.6 Å². The van der Waals surface area contributed by atoms with Gasteiger partial charge in [-0.2, -0.15) is 0 Å². The maximum absolute atomic E-state index is 8.56. The molecule has 0 aromatic heterocycles. The Morgan fingerprint density at radius 1 is 1.43 bits per heavy atom. The van der Waals surface area contributed by atoms with Gasteiger partial charge in [0.05, 0.1) is 13.7 Å². The van der Waals surface area contributed by atoms with Gasteiger partial charge in [0.15, 0.2) is 0 Å². The number of ether oxygens (including phenoxy) is 1. The van der Waals surface area contributed by atoms with Crippen molar-refractivity contribution < 1.29 is 9.84 Å². The molecule has 0 heterocycles. The molecule has 0 fully saturated rings. The number of methoxy groups -OCH3 is 1. The molecule has 74 valence electrons. The molecule has 1 aromatic carbocycles. The van der Waals surface area contributed by atoms with Crippen LogP contribution in [-0.2, 0) is 0 Å². The fourth-order valence-corrected chi connectivity index (χ4v) is 1.12. The van der Waals surface area contributed by atoms with E-state index in [1.165, 1.54) is 0 Å². The van der Waals surface area contributed by atoms with Gasteiger partial charge in [-0.25, -0.2) is 0 Å². The Hall–Kier alpha value is -1.46. The summed E-state index contributed by atoms with van der Waals surface area (Å²) in [6, 6.07) is 5.82. The predicted molar refractivity (Wildman–Crippen MR) is 56.3 cm³/mol. The van der Waals surface area contributed by atoms with Gasteiger partial charge in [-0.1, -0.05) is 17.9 Å². The number of hydrogen-bond donors (Lipinski definition) is 1. The number of hydrogen-bond acceptors (Lipinski definition) is 2. The van der Waals surface area contributed by atoms with E-state index in [0.717, 1.165) is 16.9 Å². The third-order valence-electron chi connectivity index (χ3n) is 1.88. The second kappa shape index (κ2) is 5.31. The Balaban J connectivity index is 2.86. The van der Waals surface area contributed by atoms with Crippen LogP contribution >= 0.6 is 0 Å². The SMILES string of the molecule is COc1cc(C#CCCO)ccc1C. The highest BCUT2D eigenvalue weighted by molar-refractivity contribution is 5.44. The Morgan fingerprint density at radius 3 is 2.86 bits per heavy atom. The summed E-state index contributed by atoms with van der Waals surface area (Å²) in [6.45, 7) is 2.10. The minimum Gasteiger partial charge on any atom is -0.496 e. The fourth-order valence-electron chi connectivity index (χ4n) is 1.12. The molecule has 0 radical (unpaired) electrons. The fraction of sp³-hybridized carbons (Fsp3) is 0.333. The van der Waals surface area contributed by atoms with E-state index >= 15 is 0 Å². The molecule has 0 aliphatic rings. The van der Waals surface area contributed by atoms with E-state index in [4.69, 9.17) is 9.84 Å². The Bertz CT molecular complexity index is 358. The minimum atomic E-state index is 0.107. The zero-order valence-corrected chi connectivity index (χ0v) is 8.50. The topological polar surface area (TPSA) is 29.5 Å². The second-order valence-corrected chi connectivity index (χ2v) is 2.96. The van der Waals surface area contributed by atoms with Gasteiger partial charge >= 0.3 is 0 Å². The van der Waals surface area contributed by atoms with Crippen LogP contribution in [0.1, 0.15) is 17.5 Å². The van der Waals surface area contributed by atoms with E-state index in [0.29, 0.717) is 6.42 Å². The van der Waals surface area contributed by atoms with Gasteiger partial charge in [-0.3, -0.25) is 0 Å². The molecule has 2 heteroatoms. The lowest BCUT2D eigenvalue weighted by molar-refractivity contribution is 0.305. The van der Waals surface area contributed by atoms with E-state index < -0.39 is 0 Å². The lowest BCUT2D eigenvalue weighted by Crippen LogP contribution is -1.87. The molecule has 0 aliphatic heterocycles. The highest BCUT2D eigenvalue weighted by atomic mass is 16.5. The molecule has 0 saturated heterocycles. The molecular formula is C12H14O2. The Morgan fingerprint density at radius 2 is 2.21 bits per heavy atom. The van der Waals surface area contributed by atoms with Crippen molar-refractivity contribution in [2.45, 2.75) is 13.3 Å². The van der Waals surface area contributed by atoms with E-state index in [1.54, 1.807) is 7.11 Å². The normalized spacial score (nSPS) is 9.07. The quantitative estimate of drug-likeness (QED) is 0.720. The van der Waals surface area contributed by atoms with Crippen molar-refractivity contribution >= 4 is 0 Å². The van der Waals surface area contributed by atoms with Crippen molar-refractivity contribution in [1.82, 2.24) is 0 Å². The average molecular weight is 190 g/mol. The van der Waals surface area contributed by atoms with Crippen LogP contribution in [0.2, 0.25) is 0 Å². The summed E-state index contributed by atoms with van der Waals surface area (Å²) >= 11 is 0.